The van der Waals surface area contributed by atoms with E-state index in [4.69, 9.17) is 5.73 Å². The first-order valence-electron chi connectivity index (χ1n) is 6.64. The van der Waals surface area contributed by atoms with Gasteiger partial charge in [-0.15, -0.1) is 5.10 Å². The Bertz CT molecular complexity index is 605. The zero-order valence-electron chi connectivity index (χ0n) is 11.9. The van der Waals surface area contributed by atoms with Crippen LogP contribution in [0.1, 0.15) is 38.4 Å². The molecule has 2 aromatic rings. The van der Waals surface area contributed by atoms with Gasteiger partial charge >= 0.3 is 5.69 Å². The molecule has 20 heavy (non-hydrogen) atoms. The molecule has 0 amide bonds. The van der Waals surface area contributed by atoms with Crippen LogP contribution in [0.2, 0.25) is 0 Å². The Morgan fingerprint density at radius 2 is 1.90 bits per heavy atom. The van der Waals surface area contributed by atoms with Crippen LogP contribution in [0, 0.1) is 0 Å². The molecule has 3 N–H and O–H groups in total. The number of nitrogens with two attached hydrogens (primary N) is 1. The van der Waals surface area contributed by atoms with Gasteiger partial charge in [-0.25, -0.2) is 9.89 Å². The zero-order valence-corrected chi connectivity index (χ0v) is 12.7. The molecule has 108 valence electrons. The molecule has 0 spiro atoms. The van der Waals surface area contributed by atoms with E-state index in [2.05, 4.69) is 10.2 Å². The molecule has 5 nitrogen and oxygen atoms in total. The van der Waals surface area contributed by atoms with E-state index in [0.29, 0.717) is 5.16 Å². The summed E-state index contributed by atoms with van der Waals surface area (Å²) in [6.45, 7) is 5.97. The molecule has 0 aliphatic carbocycles. The van der Waals surface area contributed by atoms with Gasteiger partial charge in [-0.1, -0.05) is 49.0 Å². The molecule has 0 aliphatic rings. The number of nitrogens with zero attached hydrogens (tertiary/aromatic N) is 2. The maximum atomic E-state index is 11.7. The van der Waals surface area contributed by atoms with Crippen LogP contribution in [-0.4, -0.2) is 20.0 Å². The van der Waals surface area contributed by atoms with Crippen LogP contribution in [0.3, 0.4) is 0 Å². The number of aromatic nitrogens is 3. The smallest absolute Gasteiger partial charge is 0.323 e. The molecule has 6 heteroatoms. The molecule has 0 aliphatic heterocycles. The molecule has 0 radical (unpaired) electrons. The van der Waals surface area contributed by atoms with E-state index in [1.165, 1.54) is 11.8 Å². The van der Waals surface area contributed by atoms with Gasteiger partial charge in [0.15, 0.2) is 5.16 Å². The van der Waals surface area contributed by atoms with Crippen LogP contribution in [0.4, 0.5) is 0 Å². The fourth-order valence-corrected chi connectivity index (χ4v) is 3.16. The third-order valence-electron chi connectivity index (χ3n) is 3.17. The fourth-order valence-electron chi connectivity index (χ4n) is 2.01. The number of aromatic amines is 1. The lowest BCUT2D eigenvalue weighted by Crippen LogP contribution is -2.23. The number of thioether (sulfide) groups is 1. The average molecular weight is 292 g/mol. The van der Waals surface area contributed by atoms with Crippen molar-refractivity contribution in [2.24, 2.45) is 5.73 Å². The van der Waals surface area contributed by atoms with Crippen molar-refractivity contribution in [1.82, 2.24) is 14.8 Å². The number of hydrogen-bond donors (Lipinski definition) is 2. The summed E-state index contributed by atoms with van der Waals surface area (Å²) in [5.74, 6) is 0. The van der Waals surface area contributed by atoms with Crippen LogP contribution in [0.25, 0.3) is 0 Å². The van der Waals surface area contributed by atoms with Crippen LogP contribution < -0.4 is 11.4 Å². The quantitative estimate of drug-likeness (QED) is 0.829. The van der Waals surface area contributed by atoms with E-state index in [1.807, 2.05) is 51.1 Å². The molecule has 1 aromatic heterocycles. The molecule has 1 heterocycles. The van der Waals surface area contributed by atoms with E-state index >= 15 is 0 Å². The maximum Gasteiger partial charge on any atom is 0.344 e. The summed E-state index contributed by atoms with van der Waals surface area (Å²) >= 11 is 1.52. The Morgan fingerprint density at radius 3 is 2.50 bits per heavy atom. The highest BCUT2D eigenvalue weighted by molar-refractivity contribution is 7.99. The summed E-state index contributed by atoms with van der Waals surface area (Å²) in [5.41, 5.74) is 7.18. The molecular formula is C14H20N4OS. The van der Waals surface area contributed by atoms with Crippen LogP contribution in [0.5, 0.6) is 0 Å². The minimum absolute atomic E-state index is 0.0731. The van der Waals surface area contributed by atoms with Gasteiger partial charge in [0, 0.05) is 17.3 Å². The molecule has 0 saturated heterocycles. The fraction of sp³-hybridized carbons (Fsp3) is 0.429. The van der Waals surface area contributed by atoms with E-state index in [-0.39, 0.29) is 23.0 Å². The second-order valence-electron chi connectivity index (χ2n) is 5.03. The number of hydrogen-bond acceptors (Lipinski definition) is 4. The Labute approximate surface area is 122 Å². The molecule has 0 saturated carbocycles. The Balaban J connectivity index is 2.16. The van der Waals surface area contributed by atoms with Crippen molar-refractivity contribution in [3.8, 4) is 0 Å². The highest BCUT2D eigenvalue weighted by atomic mass is 32.2. The van der Waals surface area contributed by atoms with Gasteiger partial charge in [-0.3, -0.25) is 4.57 Å². The SMILES string of the molecule is CC(Sc1n[nH]c(=O)n1C(C)C)C(N)c1ccccc1. The van der Waals surface area contributed by atoms with Crippen molar-refractivity contribution in [2.75, 3.05) is 0 Å². The Kier molecular flexibility index (Phi) is 4.67. The second kappa shape index (κ2) is 6.28. The Morgan fingerprint density at radius 1 is 1.25 bits per heavy atom. The van der Waals surface area contributed by atoms with Crippen molar-refractivity contribution in [3.63, 3.8) is 0 Å². The summed E-state index contributed by atoms with van der Waals surface area (Å²) in [5, 5.41) is 7.38. The topological polar surface area (TPSA) is 76.7 Å². The molecule has 2 atom stereocenters. The summed E-state index contributed by atoms with van der Waals surface area (Å²) in [4.78, 5) is 11.7. The van der Waals surface area contributed by atoms with Crippen molar-refractivity contribution >= 4 is 11.8 Å². The van der Waals surface area contributed by atoms with Gasteiger partial charge in [0.1, 0.15) is 0 Å². The standard InChI is InChI=1S/C14H20N4OS/c1-9(2)18-13(19)16-17-14(18)20-10(3)12(15)11-7-5-4-6-8-11/h4-10,12H,15H2,1-3H3,(H,16,19). The normalized spacial score (nSPS) is 14.4. The Hall–Kier alpha value is -1.53. The lowest BCUT2D eigenvalue weighted by atomic mass is 10.1. The summed E-state index contributed by atoms with van der Waals surface area (Å²) in [6, 6.07) is 9.93. The molecule has 1 aromatic carbocycles. The first kappa shape index (κ1) is 14.9. The van der Waals surface area contributed by atoms with Gasteiger partial charge < -0.3 is 5.73 Å². The summed E-state index contributed by atoms with van der Waals surface area (Å²) in [6.07, 6.45) is 0. The predicted octanol–water partition coefficient (Wildman–Crippen LogP) is 2.33. The first-order chi connectivity index (χ1) is 9.50. The lowest BCUT2D eigenvalue weighted by Gasteiger charge is -2.20. The van der Waals surface area contributed by atoms with Gasteiger partial charge in [-0.05, 0) is 19.4 Å². The number of rotatable bonds is 5. The maximum absolute atomic E-state index is 11.7. The molecule has 0 fully saturated rings. The van der Waals surface area contributed by atoms with Crippen molar-refractivity contribution in [2.45, 2.75) is 43.3 Å². The lowest BCUT2D eigenvalue weighted by molar-refractivity contribution is 0.532. The average Bonchev–Trinajstić information content (AvgIpc) is 2.79. The minimum Gasteiger partial charge on any atom is -0.323 e. The minimum atomic E-state index is -0.178. The third kappa shape index (κ3) is 3.13. The van der Waals surface area contributed by atoms with Crippen LogP contribution in [0.15, 0.2) is 40.3 Å². The summed E-state index contributed by atoms with van der Waals surface area (Å²) in [7, 11) is 0. The van der Waals surface area contributed by atoms with E-state index < -0.39 is 0 Å². The van der Waals surface area contributed by atoms with Crippen molar-refractivity contribution in [1.29, 1.82) is 0 Å². The van der Waals surface area contributed by atoms with Crippen LogP contribution >= 0.6 is 11.8 Å². The second-order valence-corrected chi connectivity index (χ2v) is 6.38. The molecular weight excluding hydrogens is 272 g/mol. The van der Waals surface area contributed by atoms with Gasteiger partial charge in [-0.2, -0.15) is 0 Å². The van der Waals surface area contributed by atoms with Gasteiger partial charge in [0.2, 0.25) is 0 Å². The van der Waals surface area contributed by atoms with Crippen molar-refractivity contribution < 1.29 is 0 Å². The number of H-pyrrole nitrogens is 1. The first-order valence-corrected chi connectivity index (χ1v) is 7.52. The van der Waals surface area contributed by atoms with E-state index in [9.17, 15) is 4.79 Å². The van der Waals surface area contributed by atoms with Gasteiger partial charge in [0.05, 0.1) is 0 Å². The van der Waals surface area contributed by atoms with Crippen molar-refractivity contribution in [3.05, 3.63) is 46.4 Å². The van der Waals surface area contributed by atoms with Crippen LogP contribution in [-0.2, 0) is 0 Å². The van der Waals surface area contributed by atoms with E-state index in [1.54, 1.807) is 4.57 Å². The largest absolute Gasteiger partial charge is 0.344 e. The third-order valence-corrected chi connectivity index (χ3v) is 4.33. The number of nitrogens with one attached hydrogen (secondary N) is 1. The predicted molar refractivity (Wildman–Crippen MR) is 81.9 cm³/mol. The monoisotopic (exact) mass is 292 g/mol. The number of benzene rings is 1. The molecule has 0 bridgehead atoms. The molecule has 2 rings (SSSR count). The van der Waals surface area contributed by atoms with E-state index in [0.717, 1.165) is 5.56 Å². The zero-order chi connectivity index (χ0) is 14.7. The highest BCUT2D eigenvalue weighted by Crippen LogP contribution is 2.29. The molecule has 2 unspecified atom stereocenters. The highest BCUT2D eigenvalue weighted by Gasteiger charge is 2.20. The van der Waals surface area contributed by atoms with Gasteiger partial charge in [0.25, 0.3) is 0 Å². The summed E-state index contributed by atoms with van der Waals surface area (Å²) < 4.78 is 1.65.